The van der Waals surface area contributed by atoms with Gasteiger partial charge in [0.15, 0.2) is 0 Å². The molecule has 0 saturated heterocycles. The fourth-order valence-electron chi connectivity index (χ4n) is 0.337. The van der Waals surface area contributed by atoms with Crippen LogP contribution < -0.4 is 11.1 Å². The van der Waals surface area contributed by atoms with Crippen molar-refractivity contribution < 1.29 is 4.79 Å². The van der Waals surface area contributed by atoms with Crippen molar-refractivity contribution in [1.29, 1.82) is 0 Å². The van der Waals surface area contributed by atoms with Gasteiger partial charge in [-0.2, -0.15) is 0 Å². The first-order chi connectivity index (χ1) is 3.81. The van der Waals surface area contributed by atoms with Crippen LogP contribution in [-0.2, 0) is 4.79 Å². The highest BCUT2D eigenvalue weighted by atomic mass is 35.5. The third kappa shape index (κ3) is 10.9. The number of hydrogen-bond donors (Lipinski definition) is 2. The highest BCUT2D eigenvalue weighted by Crippen LogP contribution is 1.71. The van der Waals surface area contributed by atoms with Gasteiger partial charge in [0, 0.05) is 19.5 Å². The smallest absolute Gasteiger partial charge is 0.219 e. The van der Waals surface area contributed by atoms with E-state index in [0.29, 0.717) is 19.5 Å². The fourth-order valence-corrected chi connectivity index (χ4v) is 0.337. The molecule has 10 heavy (non-hydrogen) atoms. The Hall–Kier alpha value is 0.01000. The average molecular weight is 189 g/mol. The third-order valence-corrected chi connectivity index (χ3v) is 0.788. The summed E-state index contributed by atoms with van der Waals surface area (Å²) >= 11 is 0. The number of nitrogens with two attached hydrogens (primary N) is 1. The van der Waals surface area contributed by atoms with Crippen molar-refractivity contribution in [1.82, 2.24) is 5.32 Å². The fraction of sp³-hybridized carbons (Fsp3) is 0.800. The summed E-state index contributed by atoms with van der Waals surface area (Å²) in [6.07, 6.45) is 0.542. The van der Waals surface area contributed by atoms with Crippen molar-refractivity contribution in [3.05, 3.63) is 0 Å². The lowest BCUT2D eigenvalue weighted by Gasteiger charge is -1.97. The van der Waals surface area contributed by atoms with Crippen LogP contribution in [-0.4, -0.2) is 19.0 Å². The normalized spacial score (nSPS) is 7.00. The van der Waals surface area contributed by atoms with E-state index in [-0.39, 0.29) is 30.7 Å². The standard InChI is InChI=1S/C5H12N2O.2ClH/c1-2-5(8)7-4-3-6;;/h2-4,6H2,1H3,(H,7,8);2*1H. The van der Waals surface area contributed by atoms with Gasteiger partial charge in [0.25, 0.3) is 0 Å². The second-order valence-corrected chi connectivity index (χ2v) is 1.49. The summed E-state index contributed by atoms with van der Waals surface area (Å²) in [4.78, 5) is 10.4. The molecule has 0 fully saturated rings. The van der Waals surface area contributed by atoms with E-state index < -0.39 is 0 Å². The predicted molar refractivity (Wildman–Crippen MR) is 46.9 cm³/mol. The number of halogens is 2. The van der Waals surface area contributed by atoms with Crippen molar-refractivity contribution in [2.24, 2.45) is 5.73 Å². The van der Waals surface area contributed by atoms with Crippen LogP contribution in [0.5, 0.6) is 0 Å². The van der Waals surface area contributed by atoms with E-state index in [1.807, 2.05) is 6.92 Å². The summed E-state index contributed by atoms with van der Waals surface area (Å²) in [5.74, 6) is 0.0652. The Bertz CT molecular complexity index is 80.0. The van der Waals surface area contributed by atoms with Crippen LogP contribution in [0, 0.1) is 0 Å². The molecule has 64 valence electrons. The van der Waals surface area contributed by atoms with Crippen molar-refractivity contribution in [2.75, 3.05) is 13.1 Å². The van der Waals surface area contributed by atoms with Gasteiger partial charge in [-0.05, 0) is 0 Å². The van der Waals surface area contributed by atoms with Crippen LogP contribution in [0.15, 0.2) is 0 Å². The Morgan fingerprint density at radius 1 is 1.50 bits per heavy atom. The zero-order chi connectivity index (χ0) is 6.41. The minimum atomic E-state index is 0. The van der Waals surface area contributed by atoms with E-state index in [2.05, 4.69) is 5.32 Å². The second-order valence-electron chi connectivity index (χ2n) is 1.49. The monoisotopic (exact) mass is 188 g/mol. The second kappa shape index (κ2) is 11.8. The van der Waals surface area contributed by atoms with Gasteiger partial charge < -0.3 is 11.1 Å². The van der Waals surface area contributed by atoms with Gasteiger partial charge in [0.1, 0.15) is 0 Å². The third-order valence-electron chi connectivity index (χ3n) is 0.788. The molecular weight excluding hydrogens is 175 g/mol. The first-order valence-electron chi connectivity index (χ1n) is 2.78. The van der Waals surface area contributed by atoms with E-state index in [1.165, 1.54) is 0 Å². The van der Waals surface area contributed by atoms with E-state index >= 15 is 0 Å². The molecule has 0 unspecified atom stereocenters. The van der Waals surface area contributed by atoms with Gasteiger partial charge in [0.2, 0.25) is 5.91 Å². The van der Waals surface area contributed by atoms with Crippen LogP contribution in [0.1, 0.15) is 13.3 Å². The van der Waals surface area contributed by atoms with Gasteiger partial charge in [-0.3, -0.25) is 4.79 Å². The minimum Gasteiger partial charge on any atom is -0.355 e. The number of rotatable bonds is 3. The first kappa shape index (κ1) is 16.5. The molecule has 0 aliphatic heterocycles. The molecule has 0 bridgehead atoms. The molecule has 3 nitrogen and oxygen atoms in total. The van der Waals surface area contributed by atoms with Gasteiger partial charge in [-0.25, -0.2) is 0 Å². The predicted octanol–water partition coefficient (Wildman–Crippen LogP) is 0.315. The van der Waals surface area contributed by atoms with Crippen LogP contribution in [0.4, 0.5) is 0 Å². The van der Waals surface area contributed by atoms with E-state index in [0.717, 1.165) is 0 Å². The van der Waals surface area contributed by atoms with Crippen molar-refractivity contribution in [2.45, 2.75) is 13.3 Å². The maximum absolute atomic E-state index is 10.4. The first-order valence-corrected chi connectivity index (χ1v) is 2.78. The highest BCUT2D eigenvalue weighted by molar-refractivity contribution is 5.85. The van der Waals surface area contributed by atoms with Gasteiger partial charge >= 0.3 is 0 Å². The van der Waals surface area contributed by atoms with Crippen molar-refractivity contribution in [3.63, 3.8) is 0 Å². The lowest BCUT2D eigenvalue weighted by atomic mass is 10.4. The summed E-state index contributed by atoms with van der Waals surface area (Å²) in [7, 11) is 0. The molecule has 0 radical (unpaired) electrons. The van der Waals surface area contributed by atoms with Crippen LogP contribution in [0.2, 0.25) is 0 Å². The number of carbonyl (C=O) groups excluding carboxylic acids is 1. The van der Waals surface area contributed by atoms with Crippen LogP contribution in [0.3, 0.4) is 0 Å². The average Bonchev–Trinajstić information content (AvgIpc) is 1.83. The molecule has 0 spiro atoms. The molecule has 3 N–H and O–H groups in total. The molecule has 0 aromatic carbocycles. The van der Waals surface area contributed by atoms with Crippen LogP contribution in [0.25, 0.3) is 0 Å². The molecule has 0 atom stereocenters. The number of hydrogen-bond acceptors (Lipinski definition) is 2. The maximum Gasteiger partial charge on any atom is 0.219 e. The number of amides is 1. The molecule has 0 aliphatic rings. The molecule has 0 saturated carbocycles. The largest absolute Gasteiger partial charge is 0.355 e. The lowest BCUT2D eigenvalue weighted by molar-refractivity contribution is -0.120. The molecular formula is C5H14Cl2N2O. The van der Waals surface area contributed by atoms with E-state index in [1.54, 1.807) is 0 Å². The zero-order valence-corrected chi connectivity index (χ0v) is 7.56. The van der Waals surface area contributed by atoms with Crippen LogP contribution >= 0.6 is 24.8 Å². The number of nitrogens with one attached hydrogen (secondary N) is 1. The Labute approximate surface area is 73.6 Å². The summed E-state index contributed by atoms with van der Waals surface area (Å²) in [6, 6.07) is 0. The highest BCUT2D eigenvalue weighted by Gasteiger charge is 1.90. The zero-order valence-electron chi connectivity index (χ0n) is 5.92. The van der Waals surface area contributed by atoms with E-state index in [9.17, 15) is 4.79 Å². The molecule has 0 heterocycles. The topological polar surface area (TPSA) is 55.1 Å². The molecule has 0 aromatic heterocycles. The van der Waals surface area contributed by atoms with Crippen molar-refractivity contribution >= 4 is 30.7 Å². The number of carbonyl (C=O) groups is 1. The molecule has 5 heteroatoms. The quantitative estimate of drug-likeness (QED) is 0.671. The van der Waals surface area contributed by atoms with Gasteiger partial charge in [-0.15, -0.1) is 24.8 Å². The summed E-state index contributed by atoms with van der Waals surface area (Å²) in [5.41, 5.74) is 5.12. The molecule has 1 amide bonds. The molecule has 0 aromatic rings. The Balaban J connectivity index is -0.000000245. The summed E-state index contributed by atoms with van der Waals surface area (Å²) in [6.45, 7) is 2.92. The summed E-state index contributed by atoms with van der Waals surface area (Å²) < 4.78 is 0. The summed E-state index contributed by atoms with van der Waals surface area (Å²) in [5, 5.41) is 2.62. The van der Waals surface area contributed by atoms with Gasteiger partial charge in [-0.1, -0.05) is 6.92 Å². The molecule has 0 aliphatic carbocycles. The Morgan fingerprint density at radius 2 is 2.00 bits per heavy atom. The Kier molecular flexibility index (Phi) is 19.5. The van der Waals surface area contributed by atoms with Crippen molar-refractivity contribution in [3.8, 4) is 0 Å². The molecule has 0 rings (SSSR count). The maximum atomic E-state index is 10.4. The SMILES string of the molecule is CCC(=O)NCCN.Cl.Cl. The van der Waals surface area contributed by atoms with E-state index in [4.69, 9.17) is 5.73 Å². The van der Waals surface area contributed by atoms with Gasteiger partial charge in [0.05, 0.1) is 0 Å². The lowest BCUT2D eigenvalue weighted by Crippen LogP contribution is -2.28. The Morgan fingerprint density at radius 3 is 2.30 bits per heavy atom. The minimum absolute atomic E-state index is 0.